The highest BCUT2D eigenvalue weighted by Crippen LogP contribution is 2.38. The summed E-state index contributed by atoms with van der Waals surface area (Å²) in [4.78, 5) is 4.09. The lowest BCUT2D eigenvalue weighted by Gasteiger charge is -2.26. The van der Waals surface area contributed by atoms with Crippen LogP contribution in [0.1, 0.15) is 11.6 Å². The van der Waals surface area contributed by atoms with E-state index < -0.39 is 6.04 Å². The molecule has 0 saturated carbocycles. The van der Waals surface area contributed by atoms with Crippen LogP contribution < -0.4 is 20.5 Å². The zero-order valence-electron chi connectivity index (χ0n) is 12.1. The van der Waals surface area contributed by atoms with Gasteiger partial charge in [0, 0.05) is 5.56 Å². The van der Waals surface area contributed by atoms with Gasteiger partial charge >= 0.3 is 0 Å². The van der Waals surface area contributed by atoms with Crippen LogP contribution in [0.25, 0.3) is 5.82 Å². The number of anilines is 1. The van der Waals surface area contributed by atoms with E-state index in [9.17, 15) is 5.26 Å². The summed E-state index contributed by atoms with van der Waals surface area (Å²) in [5, 5.41) is 16.6. The van der Waals surface area contributed by atoms with E-state index in [4.69, 9.17) is 15.2 Å². The first kappa shape index (κ1) is 13.8. The van der Waals surface area contributed by atoms with E-state index in [-0.39, 0.29) is 5.82 Å². The Kier molecular flexibility index (Phi) is 3.31. The molecular formula is C14H14N6O2. The Hall–Kier alpha value is -3.21. The van der Waals surface area contributed by atoms with Crippen LogP contribution in [0, 0.1) is 11.3 Å². The fraction of sp³-hybridized carbons (Fsp3) is 0.214. The van der Waals surface area contributed by atoms with E-state index in [0.29, 0.717) is 23.0 Å². The van der Waals surface area contributed by atoms with Crippen molar-refractivity contribution in [1.29, 1.82) is 5.26 Å². The minimum atomic E-state index is -0.494. The van der Waals surface area contributed by atoms with Crippen LogP contribution in [0.4, 0.5) is 5.95 Å². The summed E-state index contributed by atoms with van der Waals surface area (Å²) in [6.45, 7) is 0. The molecule has 0 aliphatic carbocycles. The smallest absolute Gasteiger partial charge is 0.228 e. The van der Waals surface area contributed by atoms with Crippen LogP contribution >= 0.6 is 0 Å². The SMILES string of the molecule is COc1ccc(OC)c([C@@H]2Nc3ncnn3C(N)=C2C#N)c1. The quantitative estimate of drug-likeness (QED) is 0.873. The van der Waals surface area contributed by atoms with Crippen molar-refractivity contribution < 1.29 is 9.47 Å². The molecule has 0 saturated heterocycles. The van der Waals surface area contributed by atoms with E-state index in [1.54, 1.807) is 32.4 Å². The van der Waals surface area contributed by atoms with Crippen LogP contribution in [-0.4, -0.2) is 29.0 Å². The topological polar surface area (TPSA) is 111 Å². The molecule has 22 heavy (non-hydrogen) atoms. The van der Waals surface area contributed by atoms with Crippen LogP contribution in [0.5, 0.6) is 11.5 Å². The highest BCUT2D eigenvalue weighted by Gasteiger charge is 2.30. The van der Waals surface area contributed by atoms with Crippen molar-refractivity contribution in [3.63, 3.8) is 0 Å². The lowest BCUT2D eigenvalue weighted by atomic mass is 9.97. The zero-order chi connectivity index (χ0) is 15.7. The fourth-order valence-electron chi connectivity index (χ4n) is 2.40. The molecule has 1 aliphatic rings. The second-order valence-electron chi connectivity index (χ2n) is 4.59. The van der Waals surface area contributed by atoms with Gasteiger partial charge in [0.2, 0.25) is 5.95 Å². The van der Waals surface area contributed by atoms with Gasteiger partial charge in [0.1, 0.15) is 29.7 Å². The molecule has 0 spiro atoms. The van der Waals surface area contributed by atoms with Crippen molar-refractivity contribution in [2.24, 2.45) is 5.73 Å². The monoisotopic (exact) mass is 298 g/mol. The van der Waals surface area contributed by atoms with Crippen molar-refractivity contribution in [2.45, 2.75) is 6.04 Å². The first-order valence-corrected chi connectivity index (χ1v) is 6.48. The second kappa shape index (κ2) is 5.29. The predicted molar refractivity (Wildman–Crippen MR) is 78.9 cm³/mol. The Morgan fingerprint density at radius 2 is 2.18 bits per heavy atom. The molecule has 1 aromatic heterocycles. The number of aromatic nitrogens is 3. The molecule has 0 radical (unpaired) electrons. The number of benzene rings is 1. The lowest BCUT2D eigenvalue weighted by Crippen LogP contribution is -2.27. The van der Waals surface area contributed by atoms with Gasteiger partial charge < -0.3 is 20.5 Å². The van der Waals surface area contributed by atoms with Crippen LogP contribution in [0.3, 0.4) is 0 Å². The first-order valence-electron chi connectivity index (χ1n) is 6.48. The number of methoxy groups -OCH3 is 2. The van der Waals surface area contributed by atoms with Crippen LogP contribution in [-0.2, 0) is 0 Å². The number of nitriles is 1. The normalized spacial score (nSPS) is 16.5. The van der Waals surface area contributed by atoms with Crippen LogP contribution in [0.2, 0.25) is 0 Å². The molecule has 0 unspecified atom stereocenters. The Bertz CT molecular complexity index is 789. The number of hydrogen-bond acceptors (Lipinski definition) is 7. The van der Waals surface area contributed by atoms with E-state index in [1.807, 2.05) is 0 Å². The molecule has 1 aromatic carbocycles. The predicted octanol–water partition coefficient (Wildman–Crippen LogP) is 1.11. The largest absolute Gasteiger partial charge is 0.497 e. The number of fused-ring (bicyclic) bond motifs is 1. The van der Waals surface area contributed by atoms with Gasteiger partial charge in [-0.2, -0.15) is 20.0 Å². The van der Waals surface area contributed by atoms with E-state index in [0.717, 1.165) is 5.56 Å². The number of hydrogen-bond donors (Lipinski definition) is 2. The average Bonchev–Trinajstić information content (AvgIpc) is 3.03. The third-order valence-corrected chi connectivity index (χ3v) is 3.48. The third-order valence-electron chi connectivity index (χ3n) is 3.48. The van der Waals surface area contributed by atoms with Crippen LogP contribution in [0.15, 0.2) is 30.1 Å². The molecule has 0 fully saturated rings. The molecule has 0 bridgehead atoms. The molecule has 8 nitrogen and oxygen atoms in total. The van der Waals surface area contributed by atoms with E-state index in [2.05, 4.69) is 21.5 Å². The first-order chi connectivity index (χ1) is 10.7. The standard InChI is InChI=1S/C14H14N6O2/c1-21-8-3-4-11(22-2)9(5-8)12-10(6-15)13(16)20-14(19-12)17-7-18-20/h3-5,7,12H,16H2,1-2H3,(H,17,18,19)/t12-/m0/s1. The highest BCUT2D eigenvalue weighted by atomic mass is 16.5. The molecule has 3 rings (SSSR count). The molecule has 2 heterocycles. The van der Waals surface area contributed by atoms with E-state index in [1.165, 1.54) is 11.0 Å². The molecule has 1 atom stereocenters. The van der Waals surface area contributed by atoms with Crippen molar-refractivity contribution >= 4 is 11.8 Å². The molecule has 112 valence electrons. The molecular weight excluding hydrogens is 284 g/mol. The van der Waals surface area contributed by atoms with Gasteiger partial charge in [0.15, 0.2) is 0 Å². The number of rotatable bonds is 3. The summed E-state index contributed by atoms with van der Waals surface area (Å²) in [5.41, 5.74) is 7.11. The summed E-state index contributed by atoms with van der Waals surface area (Å²) in [7, 11) is 3.14. The molecule has 8 heteroatoms. The summed E-state index contributed by atoms with van der Waals surface area (Å²) in [6, 6.07) is 7.00. The van der Waals surface area contributed by atoms with Gasteiger partial charge in [0.25, 0.3) is 0 Å². The number of nitrogens with zero attached hydrogens (tertiary/aromatic N) is 4. The van der Waals surface area contributed by atoms with Gasteiger partial charge in [-0.05, 0) is 18.2 Å². The molecule has 3 N–H and O–H groups in total. The maximum absolute atomic E-state index is 9.48. The van der Waals surface area contributed by atoms with Gasteiger partial charge in [-0.3, -0.25) is 0 Å². The van der Waals surface area contributed by atoms with Gasteiger partial charge in [-0.15, -0.1) is 0 Å². The summed E-state index contributed by atoms with van der Waals surface area (Å²) < 4.78 is 12.0. The van der Waals surface area contributed by atoms with Crippen molar-refractivity contribution in [3.05, 3.63) is 35.7 Å². The third kappa shape index (κ3) is 2.00. The Labute approximate surface area is 126 Å². The minimum Gasteiger partial charge on any atom is -0.497 e. The van der Waals surface area contributed by atoms with Crippen molar-refractivity contribution in [3.8, 4) is 17.6 Å². The maximum Gasteiger partial charge on any atom is 0.228 e. The lowest BCUT2D eigenvalue weighted by molar-refractivity contribution is 0.397. The summed E-state index contributed by atoms with van der Waals surface area (Å²) in [5.74, 6) is 1.97. The summed E-state index contributed by atoms with van der Waals surface area (Å²) >= 11 is 0. The number of nitrogens with two attached hydrogens (primary N) is 1. The average molecular weight is 298 g/mol. The van der Waals surface area contributed by atoms with Gasteiger partial charge in [-0.25, -0.2) is 0 Å². The zero-order valence-corrected chi connectivity index (χ0v) is 12.1. The molecule has 0 amide bonds. The Morgan fingerprint density at radius 1 is 1.36 bits per heavy atom. The van der Waals surface area contributed by atoms with Crippen molar-refractivity contribution in [1.82, 2.24) is 14.8 Å². The second-order valence-corrected chi connectivity index (χ2v) is 4.59. The molecule has 1 aliphatic heterocycles. The maximum atomic E-state index is 9.48. The Morgan fingerprint density at radius 3 is 2.86 bits per heavy atom. The van der Waals surface area contributed by atoms with Gasteiger partial charge in [0.05, 0.1) is 25.8 Å². The Balaban J connectivity index is 2.16. The molecule has 2 aromatic rings. The minimum absolute atomic E-state index is 0.239. The van der Waals surface area contributed by atoms with Crippen molar-refractivity contribution in [2.75, 3.05) is 19.5 Å². The number of nitrogens with one attached hydrogen (secondary N) is 1. The summed E-state index contributed by atoms with van der Waals surface area (Å²) in [6.07, 6.45) is 1.37. The fourth-order valence-corrected chi connectivity index (χ4v) is 2.40. The van der Waals surface area contributed by atoms with Gasteiger partial charge in [-0.1, -0.05) is 0 Å². The number of ether oxygens (including phenoxy) is 2. The highest BCUT2D eigenvalue weighted by molar-refractivity contribution is 5.66. The van der Waals surface area contributed by atoms with E-state index >= 15 is 0 Å².